The summed E-state index contributed by atoms with van der Waals surface area (Å²) >= 11 is 0. The minimum absolute atomic E-state index is 0. The van der Waals surface area contributed by atoms with E-state index in [1.54, 1.807) is 19.1 Å². The number of piperidine rings is 2. The number of carbonyl (C=O) groups excluding carboxylic acids is 3. The molecule has 6 aromatic rings. The van der Waals surface area contributed by atoms with Gasteiger partial charge in [0.05, 0.1) is 18.2 Å². The normalized spacial score (nSPS) is 15.7. The zero-order valence-corrected chi connectivity index (χ0v) is 47.8. The van der Waals surface area contributed by atoms with Gasteiger partial charge in [-0.3, -0.25) is 19.5 Å². The van der Waals surface area contributed by atoms with Crippen molar-refractivity contribution in [1.29, 1.82) is 5.26 Å². The van der Waals surface area contributed by atoms with Gasteiger partial charge in [0, 0.05) is 60.6 Å². The van der Waals surface area contributed by atoms with Crippen molar-refractivity contribution in [1.82, 2.24) is 35.2 Å². The number of nitrogens with two attached hydrogens (primary N) is 2. The smallest absolute Gasteiger partial charge is 0.870 e. The van der Waals surface area contributed by atoms with Crippen LogP contribution in [-0.2, 0) is 12.8 Å². The number of anilines is 1. The van der Waals surface area contributed by atoms with E-state index in [2.05, 4.69) is 57.4 Å². The zero-order chi connectivity index (χ0) is 52.3. The van der Waals surface area contributed by atoms with E-state index in [0.29, 0.717) is 90.9 Å². The molecule has 4 aromatic carbocycles. The number of nitriles is 1. The molecule has 0 unspecified atom stereocenters. The quantitative estimate of drug-likeness (QED) is 0.0880. The number of carbonyl (C=O) groups is 3. The Kier molecular flexibility index (Phi) is 21.9. The Hall–Kier alpha value is -5.78. The van der Waals surface area contributed by atoms with Crippen molar-refractivity contribution < 1.29 is 85.5 Å². The number of nitrogens with one attached hydrogen (secondary N) is 1. The molecule has 76 heavy (non-hydrogen) atoms. The number of primary amides is 1. The van der Waals surface area contributed by atoms with Crippen LogP contribution in [0.3, 0.4) is 0 Å². The number of benzene rings is 4. The van der Waals surface area contributed by atoms with Gasteiger partial charge in [0.2, 0.25) is 11.8 Å². The Balaban J connectivity index is 0.000000230. The van der Waals surface area contributed by atoms with Crippen molar-refractivity contribution in [2.45, 2.75) is 128 Å². The summed E-state index contributed by atoms with van der Waals surface area (Å²) < 4.78 is 11.1. The first kappa shape index (κ1) is 59.5. The van der Waals surface area contributed by atoms with Crippen LogP contribution in [0.4, 0.5) is 6.01 Å². The van der Waals surface area contributed by atoms with Crippen LogP contribution in [0.2, 0.25) is 0 Å². The number of nitrogen functional groups attached to an aromatic ring is 1. The molecule has 7 N–H and O–H groups in total. The maximum absolute atomic E-state index is 13.8. The summed E-state index contributed by atoms with van der Waals surface area (Å²) in [7, 11) is 0. The van der Waals surface area contributed by atoms with Crippen LogP contribution in [0.15, 0.2) is 77.2 Å². The second kappa shape index (κ2) is 28.0. The Morgan fingerprint density at radius 1 is 0.724 bits per heavy atom. The first-order chi connectivity index (χ1) is 36.0. The van der Waals surface area contributed by atoms with Crippen molar-refractivity contribution in [3.05, 3.63) is 128 Å². The second-order valence-corrected chi connectivity index (χ2v) is 19.7. The van der Waals surface area contributed by atoms with E-state index in [1.807, 2.05) is 65.3 Å². The van der Waals surface area contributed by atoms with Gasteiger partial charge in [-0.15, -0.1) is 10.2 Å². The molecule has 2 saturated carbocycles. The number of rotatable bonds is 13. The van der Waals surface area contributed by atoms with Gasteiger partial charge in [-0.1, -0.05) is 68.2 Å². The molecule has 4 fully saturated rings. The molecule has 0 atom stereocenters. The number of ether oxygens (including phenoxy) is 1. The largest absolute Gasteiger partial charge is 1.00 e. The van der Waals surface area contributed by atoms with Crippen molar-refractivity contribution in [3.63, 3.8) is 0 Å². The Bertz CT molecular complexity index is 2930. The summed E-state index contributed by atoms with van der Waals surface area (Å²) in [4.78, 5) is 47.3. The van der Waals surface area contributed by atoms with Gasteiger partial charge in [-0.05, 0) is 172 Å². The van der Waals surface area contributed by atoms with Crippen molar-refractivity contribution in [2.24, 2.45) is 5.73 Å². The summed E-state index contributed by atoms with van der Waals surface area (Å²) in [5.74, 6) is 2.47. The standard InChI is InChI=1S/C29H35N5O3.C27H29N5O2.C2H6O.K.H2O/c1-3-18-16-23(21-6-5-7-21)25(27-31-29(33-32-27)37-4-2)17-24(18)28(36)34-14-12-20(13-15-34)19-8-10-22(11-9-19)26(30)35;1-2-18-14-22(21-4-3-5-21)24(25-30-31-27(29)34-25)15-23(18)26(33)32-12-10-20(11-13-32)19-8-6-17(16-28)7-9-19;1-2-3;;/h8-11,16-17,20-21H,3-7,12-15H2,1-2H3,(H2,30,35)(H,31,32,33);6-9,14-15,20-21H,2-5,10-13H2,1H3,(H2,29,31);3H,2H2,1H3;;1H2/q;;;+1;/p-1. The van der Waals surface area contributed by atoms with E-state index in [9.17, 15) is 14.4 Å². The number of H-pyrrole nitrogens is 1. The van der Waals surface area contributed by atoms with Crippen LogP contribution < -0.4 is 67.6 Å². The van der Waals surface area contributed by atoms with Gasteiger partial charge in [0.1, 0.15) is 0 Å². The third kappa shape index (κ3) is 13.8. The molecule has 3 amide bonds. The molecule has 0 bridgehead atoms. The number of aliphatic hydroxyl groups excluding tert-OH is 1. The molecule has 4 heterocycles. The molecular formula is C58H71KN10O7. The minimum atomic E-state index is -0.416. The first-order valence-electron chi connectivity index (χ1n) is 26.5. The molecule has 396 valence electrons. The number of aryl methyl sites for hydroxylation is 2. The number of aromatic nitrogens is 5. The van der Waals surface area contributed by atoms with Crippen LogP contribution in [0.25, 0.3) is 22.8 Å². The third-order valence-electron chi connectivity index (χ3n) is 15.3. The molecule has 17 nitrogen and oxygen atoms in total. The molecular weight excluding hydrogens is 988 g/mol. The molecule has 0 radical (unpaired) electrons. The molecule has 0 spiro atoms. The summed E-state index contributed by atoms with van der Waals surface area (Å²) in [6, 6.07) is 26.3. The van der Waals surface area contributed by atoms with Crippen LogP contribution in [0, 0.1) is 11.3 Å². The number of aromatic amines is 1. The monoisotopic (exact) mass is 1060 g/mol. The molecule has 10 rings (SSSR count). The van der Waals surface area contributed by atoms with Crippen molar-refractivity contribution >= 4 is 23.7 Å². The average Bonchev–Trinajstić information content (AvgIpc) is 4.06. The SMILES string of the molecule is CCO.CCOc1n[nH]c(-c2cc(C(=O)N3CCC(c4ccc(C(N)=O)cc4)CC3)c(CC)cc2C2CCC2)n1.CCc1cc(C2CCC2)c(-c2nnc(N)o2)cc1C(=O)N1CCC(c2ccc(C#N)cc2)CC1.[K+].[OH-]. The molecule has 2 saturated heterocycles. The number of nitrogens with zero attached hydrogens (tertiary/aromatic N) is 7. The number of likely N-dealkylation sites (tertiary alicyclic amines) is 2. The van der Waals surface area contributed by atoms with Gasteiger partial charge in [0.25, 0.3) is 11.8 Å². The Morgan fingerprint density at radius 2 is 1.20 bits per heavy atom. The van der Waals surface area contributed by atoms with Gasteiger partial charge in [-0.2, -0.15) is 10.2 Å². The number of hydrogen-bond donors (Lipinski definition) is 4. The minimum Gasteiger partial charge on any atom is -0.870 e. The van der Waals surface area contributed by atoms with Crippen LogP contribution in [-0.4, -0.2) is 103 Å². The van der Waals surface area contributed by atoms with Crippen LogP contribution in [0.1, 0.15) is 186 Å². The van der Waals surface area contributed by atoms with Crippen LogP contribution in [0.5, 0.6) is 6.01 Å². The number of aliphatic hydroxyl groups is 1. The first-order valence-corrected chi connectivity index (χ1v) is 26.5. The topological polar surface area (TPSA) is 273 Å². The third-order valence-corrected chi connectivity index (χ3v) is 15.3. The fourth-order valence-corrected chi connectivity index (χ4v) is 10.6. The fraction of sp³-hybridized carbons (Fsp3) is 0.448. The van der Waals surface area contributed by atoms with Gasteiger partial charge >= 0.3 is 63.4 Å². The molecule has 18 heteroatoms. The molecule has 4 aliphatic rings. The van der Waals surface area contributed by atoms with Crippen molar-refractivity contribution in [2.75, 3.05) is 45.1 Å². The van der Waals surface area contributed by atoms with Gasteiger partial charge in [-0.25, -0.2) is 0 Å². The van der Waals surface area contributed by atoms with Crippen LogP contribution >= 0.6 is 0 Å². The summed E-state index contributed by atoms with van der Waals surface area (Å²) in [5, 5.41) is 31.8. The van der Waals surface area contributed by atoms with E-state index in [1.165, 1.54) is 35.1 Å². The van der Waals surface area contributed by atoms with E-state index < -0.39 is 5.91 Å². The summed E-state index contributed by atoms with van der Waals surface area (Å²) in [6.45, 7) is 11.3. The predicted molar refractivity (Wildman–Crippen MR) is 286 cm³/mol. The van der Waals surface area contributed by atoms with E-state index >= 15 is 0 Å². The maximum atomic E-state index is 13.8. The van der Waals surface area contributed by atoms with Gasteiger partial charge < -0.3 is 41.0 Å². The maximum Gasteiger partial charge on any atom is 1.00 e. The summed E-state index contributed by atoms with van der Waals surface area (Å²) in [5.41, 5.74) is 22.5. The van der Waals surface area contributed by atoms with E-state index in [4.69, 9.17) is 31.0 Å². The van der Waals surface area contributed by atoms with E-state index in [0.717, 1.165) is 92.0 Å². The number of hydrogen-bond acceptors (Lipinski definition) is 13. The molecule has 2 aromatic heterocycles. The van der Waals surface area contributed by atoms with Gasteiger partial charge in [0.15, 0.2) is 5.82 Å². The zero-order valence-electron chi connectivity index (χ0n) is 44.7. The second-order valence-electron chi connectivity index (χ2n) is 19.7. The molecule has 2 aliphatic carbocycles. The van der Waals surface area contributed by atoms with Crippen molar-refractivity contribution in [3.8, 4) is 34.9 Å². The average molecular weight is 1060 g/mol. The number of amides is 3. The Labute approximate surface area is 488 Å². The molecule has 2 aliphatic heterocycles. The predicted octanol–water partition coefficient (Wildman–Crippen LogP) is 6.68. The fourth-order valence-electron chi connectivity index (χ4n) is 10.6. The Morgan fingerprint density at radius 3 is 1.61 bits per heavy atom. The van der Waals surface area contributed by atoms with E-state index in [-0.39, 0.29) is 81.3 Å². The summed E-state index contributed by atoms with van der Waals surface area (Å²) in [6.07, 6.45) is 12.2.